The highest BCUT2D eigenvalue weighted by atomic mass is 35.5. The lowest BCUT2D eigenvalue weighted by Crippen LogP contribution is -1.90. The van der Waals surface area contributed by atoms with Gasteiger partial charge in [0, 0.05) is 5.57 Å². The van der Waals surface area contributed by atoms with Crippen LogP contribution in [0.25, 0.3) is 0 Å². The smallest absolute Gasteiger partial charge is 0.149 e. The maximum absolute atomic E-state index is 10.1. The Kier molecular flexibility index (Phi) is 6.29. The highest BCUT2D eigenvalue weighted by Crippen LogP contribution is 1.95. The number of carbonyl (C=O) groups is 1. The monoisotopic (exact) mass is 162 g/mol. The number of halogens is 1. The second kappa shape index (κ2) is 6.62. The first-order chi connectivity index (χ1) is 4.85. The Hall–Kier alpha value is -0.500. The average Bonchev–Trinajstić information content (AvgIpc) is 1.99. The lowest BCUT2D eigenvalue weighted by Gasteiger charge is -1.96. The van der Waals surface area contributed by atoms with Gasteiger partial charge in [0.2, 0.25) is 0 Å². The lowest BCUT2D eigenvalue weighted by atomic mass is 10.3. The fourth-order valence-corrected chi connectivity index (χ4v) is 0.494. The Morgan fingerprint density at radius 2 is 2.40 bits per heavy atom. The number of ether oxygens (including phenoxy) is 1. The Balaban J connectivity index is 3.53. The van der Waals surface area contributed by atoms with E-state index < -0.39 is 0 Å². The topological polar surface area (TPSA) is 26.3 Å². The molecule has 0 saturated carbocycles. The molecule has 0 aliphatic carbocycles. The van der Waals surface area contributed by atoms with Gasteiger partial charge in [-0.15, -0.1) is 11.6 Å². The van der Waals surface area contributed by atoms with Crippen molar-refractivity contribution in [3.8, 4) is 0 Å². The highest BCUT2D eigenvalue weighted by Gasteiger charge is 1.88. The summed E-state index contributed by atoms with van der Waals surface area (Å²) in [6.45, 7) is 2.35. The third kappa shape index (κ3) is 4.39. The second-order valence-electron chi connectivity index (χ2n) is 1.72. The predicted octanol–water partition coefficient (Wildman–Crippen LogP) is 1.73. The molecule has 0 atom stereocenters. The first kappa shape index (κ1) is 9.50. The van der Waals surface area contributed by atoms with E-state index in [0.717, 1.165) is 6.29 Å². The van der Waals surface area contributed by atoms with Crippen LogP contribution in [0.5, 0.6) is 0 Å². The summed E-state index contributed by atoms with van der Waals surface area (Å²) in [5.74, 6) is 0.451. The summed E-state index contributed by atoms with van der Waals surface area (Å²) in [5, 5.41) is 0. The van der Waals surface area contributed by atoms with Gasteiger partial charge in [-0.1, -0.05) is 6.92 Å². The zero-order valence-corrected chi connectivity index (χ0v) is 6.73. The van der Waals surface area contributed by atoms with Crippen molar-refractivity contribution < 1.29 is 9.53 Å². The van der Waals surface area contributed by atoms with Crippen LogP contribution in [0, 0.1) is 0 Å². The molecule has 0 saturated heterocycles. The molecule has 0 rings (SSSR count). The van der Waals surface area contributed by atoms with E-state index >= 15 is 0 Å². The molecule has 58 valence electrons. The number of rotatable bonds is 5. The first-order valence-electron chi connectivity index (χ1n) is 3.17. The van der Waals surface area contributed by atoms with Crippen LogP contribution in [0.15, 0.2) is 11.8 Å². The average molecular weight is 163 g/mol. The molecule has 0 unspecified atom stereocenters. The maximum Gasteiger partial charge on any atom is 0.149 e. The van der Waals surface area contributed by atoms with Crippen molar-refractivity contribution in [2.75, 3.05) is 12.5 Å². The van der Waals surface area contributed by atoms with Crippen molar-refractivity contribution >= 4 is 17.9 Å². The summed E-state index contributed by atoms with van der Waals surface area (Å²) >= 11 is 5.33. The van der Waals surface area contributed by atoms with E-state index in [1.54, 1.807) is 0 Å². The summed E-state index contributed by atoms with van der Waals surface area (Å²) in [5.41, 5.74) is 0.658. The van der Waals surface area contributed by atoms with E-state index in [2.05, 4.69) is 0 Å². The van der Waals surface area contributed by atoms with E-state index in [9.17, 15) is 4.79 Å². The fourth-order valence-electron chi connectivity index (χ4n) is 0.405. The van der Waals surface area contributed by atoms with E-state index in [0.29, 0.717) is 24.5 Å². The van der Waals surface area contributed by atoms with E-state index in [4.69, 9.17) is 16.3 Å². The van der Waals surface area contributed by atoms with Crippen LogP contribution in [0.2, 0.25) is 0 Å². The maximum atomic E-state index is 10.1. The summed E-state index contributed by atoms with van der Waals surface area (Å²) in [7, 11) is 0. The Morgan fingerprint density at radius 1 is 1.70 bits per heavy atom. The molecule has 0 bridgehead atoms. The summed E-state index contributed by atoms with van der Waals surface area (Å²) < 4.78 is 4.90. The van der Waals surface area contributed by atoms with Crippen LogP contribution < -0.4 is 0 Å². The molecule has 2 nitrogen and oxygen atoms in total. The van der Waals surface area contributed by atoms with Crippen molar-refractivity contribution in [2.24, 2.45) is 0 Å². The minimum atomic E-state index is 0.451. The van der Waals surface area contributed by atoms with E-state index in [1.807, 2.05) is 6.92 Å². The summed E-state index contributed by atoms with van der Waals surface area (Å²) in [4.78, 5) is 10.1. The molecule has 10 heavy (non-hydrogen) atoms. The van der Waals surface area contributed by atoms with E-state index in [1.165, 1.54) is 6.26 Å². The molecule has 0 heterocycles. The van der Waals surface area contributed by atoms with Gasteiger partial charge in [-0.2, -0.15) is 0 Å². The molecule has 0 aromatic carbocycles. The van der Waals surface area contributed by atoms with Gasteiger partial charge in [0.25, 0.3) is 0 Å². The van der Waals surface area contributed by atoms with Gasteiger partial charge in [0.15, 0.2) is 0 Å². The molecule has 0 aromatic heterocycles. The largest absolute Gasteiger partial charge is 0.500 e. The lowest BCUT2D eigenvalue weighted by molar-refractivity contribution is -0.105. The minimum Gasteiger partial charge on any atom is -0.500 e. The molecular formula is C7H11ClO2. The number of alkyl halides is 1. The van der Waals surface area contributed by atoms with Gasteiger partial charge in [0.1, 0.15) is 12.9 Å². The number of hydrogen-bond acceptors (Lipinski definition) is 2. The Morgan fingerprint density at radius 3 is 2.80 bits per heavy atom. The van der Waals surface area contributed by atoms with Crippen LogP contribution in [-0.4, -0.2) is 18.8 Å². The van der Waals surface area contributed by atoms with Gasteiger partial charge in [-0.3, -0.25) is 4.79 Å². The Labute approximate surface area is 65.8 Å². The zero-order chi connectivity index (χ0) is 7.82. The van der Waals surface area contributed by atoms with Crippen LogP contribution in [0.3, 0.4) is 0 Å². The molecule has 0 spiro atoms. The summed E-state index contributed by atoms with van der Waals surface area (Å²) in [6, 6.07) is 0. The molecular weight excluding hydrogens is 152 g/mol. The third-order valence-electron chi connectivity index (χ3n) is 0.989. The van der Waals surface area contributed by atoms with Crippen LogP contribution in [0.1, 0.15) is 13.3 Å². The van der Waals surface area contributed by atoms with Crippen molar-refractivity contribution in [3.63, 3.8) is 0 Å². The van der Waals surface area contributed by atoms with Gasteiger partial charge in [-0.05, 0) is 6.42 Å². The predicted molar refractivity (Wildman–Crippen MR) is 41.1 cm³/mol. The molecule has 0 fully saturated rings. The standard InChI is InChI=1S/C7H11ClO2/c1-2-7(5-9)6-10-4-3-8/h5-6H,2-4H2,1H3/b7-6-. The first-order valence-corrected chi connectivity index (χ1v) is 3.70. The third-order valence-corrected chi connectivity index (χ3v) is 1.14. The number of allylic oxidation sites excluding steroid dienone is 1. The molecule has 3 heteroatoms. The molecule has 0 N–H and O–H groups in total. The van der Waals surface area contributed by atoms with Crippen LogP contribution in [-0.2, 0) is 9.53 Å². The highest BCUT2D eigenvalue weighted by molar-refractivity contribution is 6.17. The van der Waals surface area contributed by atoms with Gasteiger partial charge in [-0.25, -0.2) is 0 Å². The second-order valence-corrected chi connectivity index (χ2v) is 2.10. The number of hydrogen-bond donors (Lipinski definition) is 0. The van der Waals surface area contributed by atoms with Gasteiger partial charge >= 0.3 is 0 Å². The fraction of sp³-hybridized carbons (Fsp3) is 0.571. The molecule has 0 aliphatic heterocycles. The minimum absolute atomic E-state index is 0.451. The number of aldehydes is 1. The molecule has 0 aromatic rings. The number of carbonyl (C=O) groups excluding carboxylic acids is 1. The van der Waals surface area contributed by atoms with Crippen LogP contribution >= 0.6 is 11.6 Å². The SMILES string of the molecule is CC/C(C=O)=C/OCCCl. The van der Waals surface area contributed by atoms with Crippen molar-refractivity contribution in [3.05, 3.63) is 11.8 Å². The molecule has 0 aliphatic rings. The quantitative estimate of drug-likeness (QED) is 0.202. The molecule has 0 amide bonds. The van der Waals surface area contributed by atoms with E-state index in [-0.39, 0.29) is 0 Å². The Bertz CT molecular complexity index is 121. The van der Waals surface area contributed by atoms with Crippen molar-refractivity contribution in [1.82, 2.24) is 0 Å². The van der Waals surface area contributed by atoms with Gasteiger partial charge in [0.05, 0.1) is 12.1 Å². The van der Waals surface area contributed by atoms with Crippen LogP contribution in [0.4, 0.5) is 0 Å². The van der Waals surface area contributed by atoms with Gasteiger partial charge < -0.3 is 4.74 Å². The normalized spacial score (nSPS) is 11.2. The summed E-state index contributed by atoms with van der Waals surface area (Å²) in [6.07, 6.45) is 2.94. The van der Waals surface area contributed by atoms with Crippen molar-refractivity contribution in [2.45, 2.75) is 13.3 Å². The molecule has 0 radical (unpaired) electrons. The van der Waals surface area contributed by atoms with Crippen molar-refractivity contribution in [1.29, 1.82) is 0 Å². The zero-order valence-electron chi connectivity index (χ0n) is 5.97.